The zero-order chi connectivity index (χ0) is 43.5. The number of sulfone groups is 2. The lowest BCUT2D eigenvalue weighted by Crippen LogP contribution is -2.62. The van der Waals surface area contributed by atoms with E-state index < -0.39 is 46.7 Å². The van der Waals surface area contributed by atoms with Crippen molar-refractivity contribution in [2.45, 2.75) is 84.3 Å². The van der Waals surface area contributed by atoms with Crippen molar-refractivity contribution in [3.8, 4) is 0 Å². The first-order chi connectivity index (χ1) is 29.3. The summed E-state index contributed by atoms with van der Waals surface area (Å²) in [6.07, 6.45) is 0. The summed E-state index contributed by atoms with van der Waals surface area (Å²) in [6, 6.07) is 48.9. The maximum absolute atomic E-state index is 14.6. The SMILES string of the molecule is CC1(C)c2ccccc2S(=O)(=O)c2cc(N3c4ccccc4[Si](C)(C)c4cc5c(cc43)[Si](C)(C)c3ccccc3N5c3ccc4c(c3)S(=O)(=O)c3ccccc3C4(C)C)ccc21. The smallest absolute Gasteiger partial charge is 0.207 e. The third kappa shape index (κ3) is 5.00. The molecular weight excluding hydrogens is 837 g/mol. The van der Waals surface area contributed by atoms with Crippen LogP contribution in [0.15, 0.2) is 165 Å². The number of rotatable bonds is 2. The first kappa shape index (κ1) is 39.3. The summed E-state index contributed by atoms with van der Waals surface area (Å²) in [7, 11) is -12.5. The second-order valence-electron chi connectivity index (χ2n) is 19.5. The lowest BCUT2D eigenvalue weighted by molar-refractivity contribution is 0.555. The van der Waals surface area contributed by atoms with Gasteiger partial charge in [0.2, 0.25) is 19.7 Å². The minimum Gasteiger partial charge on any atom is -0.311 e. The molecule has 310 valence electrons. The van der Waals surface area contributed by atoms with Crippen LogP contribution in [0.25, 0.3) is 0 Å². The predicted octanol–water partition coefficient (Wildman–Crippen LogP) is 9.84. The van der Waals surface area contributed by atoms with E-state index in [0.29, 0.717) is 19.6 Å². The molecule has 0 amide bonds. The van der Waals surface area contributed by atoms with Gasteiger partial charge in [0.15, 0.2) is 0 Å². The quantitative estimate of drug-likeness (QED) is 0.161. The second kappa shape index (κ2) is 12.6. The highest BCUT2D eigenvalue weighted by molar-refractivity contribution is 7.92. The highest BCUT2D eigenvalue weighted by atomic mass is 32.2. The number of para-hydroxylation sites is 2. The Morgan fingerprint density at radius 1 is 0.371 bits per heavy atom. The molecule has 4 heterocycles. The standard InChI is InChI=1S/C52H48N2O4S2Si2/c1-51(2)35-17-9-13-21-43(35)59(55,56)45-29-33(25-27-37(45)51)53-39-19-11-15-23-47(39)61(5,6)49-32-42-50(31-41(49)53)62(7,8)48-24-16-12-20-40(48)54(42)34-26-28-38-46(30-34)60(57,58)44-22-14-10-18-36(44)52(38,3)4/h9-32H,1-8H3. The van der Waals surface area contributed by atoms with Gasteiger partial charge in [-0.1, -0.05) is 139 Å². The Bertz CT molecular complexity index is 3150. The molecule has 0 aliphatic carbocycles. The van der Waals surface area contributed by atoms with Gasteiger partial charge in [0, 0.05) is 45.0 Å². The molecule has 10 heteroatoms. The van der Waals surface area contributed by atoms with Gasteiger partial charge in [-0.15, -0.1) is 0 Å². The van der Waals surface area contributed by atoms with Gasteiger partial charge < -0.3 is 9.80 Å². The van der Waals surface area contributed by atoms with E-state index in [2.05, 4.69) is 136 Å². The van der Waals surface area contributed by atoms with Gasteiger partial charge in [0.25, 0.3) is 0 Å². The number of benzene rings is 7. The summed E-state index contributed by atoms with van der Waals surface area (Å²) < 4.78 is 58.2. The molecule has 0 spiro atoms. The van der Waals surface area contributed by atoms with E-state index in [9.17, 15) is 16.8 Å². The van der Waals surface area contributed by atoms with Gasteiger partial charge in [-0.25, -0.2) is 16.8 Å². The first-order valence-corrected chi connectivity index (χ1v) is 30.2. The van der Waals surface area contributed by atoms with Gasteiger partial charge in [0.05, 0.1) is 19.6 Å². The van der Waals surface area contributed by atoms with E-state index in [1.165, 1.54) is 20.7 Å². The molecule has 4 aliphatic rings. The highest BCUT2D eigenvalue weighted by Crippen LogP contribution is 2.51. The molecule has 0 saturated heterocycles. The van der Waals surface area contributed by atoms with Gasteiger partial charge in [-0.3, -0.25) is 0 Å². The van der Waals surface area contributed by atoms with E-state index in [4.69, 9.17) is 0 Å². The van der Waals surface area contributed by atoms with Crippen molar-refractivity contribution >= 4 is 90.7 Å². The summed E-state index contributed by atoms with van der Waals surface area (Å²) in [4.78, 5) is 6.03. The second-order valence-corrected chi connectivity index (χ2v) is 31.9. The van der Waals surface area contributed by atoms with Crippen molar-refractivity contribution in [2.75, 3.05) is 9.80 Å². The molecule has 0 fully saturated rings. The van der Waals surface area contributed by atoms with Crippen LogP contribution in [0.4, 0.5) is 34.1 Å². The van der Waals surface area contributed by atoms with Crippen molar-refractivity contribution in [3.05, 3.63) is 168 Å². The Balaban J connectivity index is 1.16. The van der Waals surface area contributed by atoms with Crippen LogP contribution in [-0.4, -0.2) is 33.0 Å². The molecular formula is C52H48N2O4S2Si2. The topological polar surface area (TPSA) is 74.8 Å². The molecule has 0 bridgehead atoms. The van der Waals surface area contributed by atoms with Crippen molar-refractivity contribution in [1.29, 1.82) is 0 Å². The van der Waals surface area contributed by atoms with E-state index >= 15 is 0 Å². The molecule has 4 aliphatic heterocycles. The summed E-state index contributed by atoms with van der Waals surface area (Å²) in [5, 5.41) is 4.99. The van der Waals surface area contributed by atoms with E-state index in [1.807, 2.05) is 60.7 Å². The summed E-state index contributed by atoms with van der Waals surface area (Å²) in [5.41, 5.74) is 8.08. The molecule has 7 aromatic rings. The molecule has 7 aromatic carbocycles. The Morgan fingerprint density at radius 2 is 0.710 bits per heavy atom. The maximum Gasteiger partial charge on any atom is 0.207 e. The zero-order valence-corrected chi connectivity index (χ0v) is 39.8. The van der Waals surface area contributed by atoms with Gasteiger partial charge in [-0.05, 0) is 104 Å². The van der Waals surface area contributed by atoms with Crippen LogP contribution in [0.3, 0.4) is 0 Å². The maximum atomic E-state index is 14.6. The molecule has 0 N–H and O–H groups in total. The van der Waals surface area contributed by atoms with Crippen LogP contribution in [0, 0.1) is 0 Å². The van der Waals surface area contributed by atoms with Gasteiger partial charge in [0.1, 0.15) is 16.1 Å². The van der Waals surface area contributed by atoms with E-state index in [1.54, 1.807) is 12.1 Å². The van der Waals surface area contributed by atoms with Crippen molar-refractivity contribution in [3.63, 3.8) is 0 Å². The minimum absolute atomic E-state index is 0.348. The van der Waals surface area contributed by atoms with Crippen LogP contribution >= 0.6 is 0 Å². The lowest BCUT2D eigenvalue weighted by atomic mass is 9.77. The fraction of sp³-hybridized carbons (Fsp3) is 0.192. The Kier molecular flexibility index (Phi) is 7.97. The molecule has 0 unspecified atom stereocenters. The number of fused-ring (bicyclic) bond motifs is 8. The zero-order valence-electron chi connectivity index (χ0n) is 36.2. The number of hydrogen-bond acceptors (Lipinski definition) is 6. The van der Waals surface area contributed by atoms with E-state index in [0.717, 1.165) is 56.4 Å². The largest absolute Gasteiger partial charge is 0.311 e. The average Bonchev–Trinajstić information content (AvgIpc) is 3.25. The number of hydrogen-bond donors (Lipinski definition) is 0. The Hall–Kier alpha value is -5.53. The van der Waals surface area contributed by atoms with Crippen LogP contribution in [0.1, 0.15) is 49.9 Å². The third-order valence-corrected chi connectivity index (χ3v) is 25.4. The van der Waals surface area contributed by atoms with Crippen molar-refractivity contribution < 1.29 is 16.8 Å². The summed E-state index contributed by atoms with van der Waals surface area (Å²) in [6.45, 7) is 18.1. The number of nitrogens with zero attached hydrogens (tertiary/aromatic N) is 2. The summed E-state index contributed by atoms with van der Waals surface area (Å²) >= 11 is 0. The molecule has 0 saturated carbocycles. The molecule has 62 heavy (non-hydrogen) atoms. The third-order valence-electron chi connectivity index (χ3n) is 14.7. The molecule has 11 rings (SSSR count). The van der Waals surface area contributed by atoms with Crippen molar-refractivity contribution in [1.82, 2.24) is 0 Å². The normalized spacial score (nSPS) is 19.3. The average molecular weight is 885 g/mol. The van der Waals surface area contributed by atoms with Crippen LogP contribution in [0.5, 0.6) is 0 Å². The molecule has 0 aromatic heterocycles. The molecule has 6 nitrogen and oxygen atoms in total. The monoisotopic (exact) mass is 884 g/mol. The fourth-order valence-corrected chi connectivity index (χ4v) is 21.1. The summed E-state index contributed by atoms with van der Waals surface area (Å²) in [5.74, 6) is 0. The van der Waals surface area contributed by atoms with Crippen LogP contribution in [0.2, 0.25) is 26.2 Å². The molecule has 0 radical (unpaired) electrons. The Labute approximate surface area is 367 Å². The lowest BCUT2D eigenvalue weighted by Gasteiger charge is -2.46. The number of anilines is 6. The molecule has 0 atom stereocenters. The minimum atomic E-state index is -3.81. The van der Waals surface area contributed by atoms with Crippen molar-refractivity contribution in [2.24, 2.45) is 0 Å². The van der Waals surface area contributed by atoms with Crippen LogP contribution < -0.4 is 30.5 Å². The highest BCUT2D eigenvalue weighted by Gasteiger charge is 2.47. The van der Waals surface area contributed by atoms with Gasteiger partial charge >= 0.3 is 0 Å². The van der Waals surface area contributed by atoms with Crippen LogP contribution in [-0.2, 0) is 30.5 Å². The fourth-order valence-electron chi connectivity index (χ4n) is 11.2. The Morgan fingerprint density at radius 3 is 1.11 bits per heavy atom. The first-order valence-electron chi connectivity index (χ1n) is 21.3. The van der Waals surface area contributed by atoms with E-state index in [-0.39, 0.29) is 0 Å². The van der Waals surface area contributed by atoms with Gasteiger partial charge in [-0.2, -0.15) is 0 Å². The predicted molar refractivity (Wildman–Crippen MR) is 257 cm³/mol.